The van der Waals surface area contributed by atoms with Gasteiger partial charge in [-0.05, 0) is 43.2 Å². The number of ether oxygens (including phenoxy) is 2. The standard InChI is InChI=1S/C23H25F2N3O5S2/c1-27(14-17-4-3-10-33-17)35(30,31)18-7-5-15(6-8-18)22(29)26-23-28(9-11-32-2)21-19(25)12-16(24)13-20(21)34-23/h5-8,12-13,17H,3-4,9-11,14H2,1-2H3. The van der Waals surface area contributed by atoms with Gasteiger partial charge in [0.15, 0.2) is 10.6 Å². The van der Waals surface area contributed by atoms with Crippen molar-refractivity contribution in [3.63, 3.8) is 0 Å². The molecule has 1 aliphatic rings. The highest BCUT2D eigenvalue weighted by Gasteiger charge is 2.26. The number of thiazole rings is 1. The van der Waals surface area contributed by atoms with E-state index in [0.717, 1.165) is 30.2 Å². The lowest BCUT2D eigenvalue weighted by atomic mass is 10.2. The number of amides is 1. The smallest absolute Gasteiger partial charge is 0.279 e. The average molecular weight is 526 g/mol. The first-order valence-electron chi connectivity index (χ1n) is 10.9. The van der Waals surface area contributed by atoms with Crippen LogP contribution in [-0.4, -0.2) is 63.2 Å². The molecule has 0 radical (unpaired) electrons. The van der Waals surface area contributed by atoms with E-state index in [9.17, 15) is 22.0 Å². The normalized spacial score (nSPS) is 17.1. The molecule has 4 rings (SSSR count). The van der Waals surface area contributed by atoms with Gasteiger partial charge in [0.2, 0.25) is 10.0 Å². The van der Waals surface area contributed by atoms with E-state index in [0.29, 0.717) is 11.3 Å². The summed E-state index contributed by atoms with van der Waals surface area (Å²) >= 11 is 0.977. The van der Waals surface area contributed by atoms with Gasteiger partial charge in [-0.2, -0.15) is 9.30 Å². The van der Waals surface area contributed by atoms with Gasteiger partial charge in [-0.15, -0.1) is 0 Å². The van der Waals surface area contributed by atoms with Crippen LogP contribution in [0.2, 0.25) is 0 Å². The number of benzene rings is 2. The van der Waals surface area contributed by atoms with E-state index in [1.54, 1.807) is 0 Å². The molecular formula is C23H25F2N3O5S2. The monoisotopic (exact) mass is 525 g/mol. The quantitative estimate of drug-likeness (QED) is 0.451. The molecule has 188 valence electrons. The number of nitrogens with zero attached hydrogens (tertiary/aromatic N) is 3. The maximum absolute atomic E-state index is 14.5. The summed E-state index contributed by atoms with van der Waals surface area (Å²) in [5.74, 6) is -2.13. The highest BCUT2D eigenvalue weighted by molar-refractivity contribution is 7.89. The van der Waals surface area contributed by atoms with Crippen molar-refractivity contribution in [1.29, 1.82) is 0 Å². The number of halogens is 2. The van der Waals surface area contributed by atoms with Crippen molar-refractivity contribution in [2.24, 2.45) is 4.99 Å². The zero-order valence-corrected chi connectivity index (χ0v) is 20.9. The molecule has 8 nitrogen and oxygen atoms in total. The summed E-state index contributed by atoms with van der Waals surface area (Å²) < 4.78 is 67.5. The van der Waals surface area contributed by atoms with Crippen LogP contribution in [0.5, 0.6) is 0 Å². The van der Waals surface area contributed by atoms with Gasteiger partial charge in [-0.1, -0.05) is 11.3 Å². The second-order valence-corrected chi connectivity index (χ2v) is 11.2. The molecule has 0 saturated carbocycles. The molecule has 1 fully saturated rings. The molecule has 35 heavy (non-hydrogen) atoms. The molecule has 2 aromatic carbocycles. The number of aromatic nitrogens is 1. The van der Waals surface area contributed by atoms with Crippen molar-refractivity contribution < 1.29 is 31.5 Å². The second kappa shape index (κ2) is 10.6. The Morgan fingerprint density at radius 3 is 2.69 bits per heavy atom. The Morgan fingerprint density at radius 1 is 1.29 bits per heavy atom. The number of sulfonamides is 1. The van der Waals surface area contributed by atoms with Crippen LogP contribution in [0.4, 0.5) is 8.78 Å². The molecule has 12 heteroatoms. The third-order valence-corrected chi connectivity index (χ3v) is 8.57. The maximum atomic E-state index is 14.5. The number of fused-ring (bicyclic) bond motifs is 1. The lowest BCUT2D eigenvalue weighted by Gasteiger charge is -2.20. The fraction of sp³-hybridized carbons (Fsp3) is 0.391. The first kappa shape index (κ1) is 25.6. The van der Waals surface area contributed by atoms with Gasteiger partial charge in [0.25, 0.3) is 5.91 Å². The topological polar surface area (TPSA) is 90.2 Å². The summed E-state index contributed by atoms with van der Waals surface area (Å²) in [7, 11) is -0.772. The molecule has 2 heterocycles. The average Bonchev–Trinajstić information content (AvgIpc) is 3.45. The van der Waals surface area contributed by atoms with E-state index in [-0.39, 0.29) is 46.6 Å². The number of hydrogen-bond acceptors (Lipinski definition) is 6. The summed E-state index contributed by atoms with van der Waals surface area (Å²) in [6, 6.07) is 7.42. The molecule has 1 saturated heterocycles. The van der Waals surface area contributed by atoms with Gasteiger partial charge >= 0.3 is 0 Å². The Labute approximate surface area is 205 Å². The molecule has 0 aliphatic carbocycles. The number of carbonyl (C=O) groups is 1. The molecule has 0 N–H and O–H groups in total. The Balaban J connectivity index is 1.61. The summed E-state index contributed by atoms with van der Waals surface area (Å²) in [6.07, 6.45) is 1.60. The minimum absolute atomic E-state index is 0.0455. The zero-order valence-electron chi connectivity index (χ0n) is 19.2. The first-order chi connectivity index (χ1) is 16.7. The van der Waals surface area contributed by atoms with Crippen molar-refractivity contribution >= 4 is 37.5 Å². The zero-order chi connectivity index (χ0) is 25.2. The first-order valence-corrected chi connectivity index (χ1v) is 13.2. The van der Waals surface area contributed by atoms with Crippen LogP contribution in [-0.2, 0) is 26.0 Å². The van der Waals surface area contributed by atoms with Crippen LogP contribution in [0.25, 0.3) is 10.2 Å². The predicted molar refractivity (Wildman–Crippen MR) is 127 cm³/mol. The van der Waals surface area contributed by atoms with E-state index < -0.39 is 27.6 Å². The number of hydrogen-bond donors (Lipinski definition) is 0. The Morgan fingerprint density at radius 2 is 2.03 bits per heavy atom. The van der Waals surface area contributed by atoms with Crippen molar-refractivity contribution in [2.45, 2.75) is 30.4 Å². The minimum Gasteiger partial charge on any atom is -0.383 e. The summed E-state index contributed by atoms with van der Waals surface area (Å²) in [6.45, 7) is 1.32. The van der Waals surface area contributed by atoms with Crippen LogP contribution in [0.1, 0.15) is 23.2 Å². The highest BCUT2D eigenvalue weighted by Crippen LogP contribution is 2.23. The van der Waals surface area contributed by atoms with E-state index in [2.05, 4.69) is 4.99 Å². The number of likely N-dealkylation sites (N-methyl/N-ethyl adjacent to an activating group) is 1. The van der Waals surface area contributed by atoms with Gasteiger partial charge in [-0.3, -0.25) is 4.79 Å². The third-order valence-electron chi connectivity index (χ3n) is 5.71. The van der Waals surface area contributed by atoms with Crippen molar-refractivity contribution in [2.75, 3.05) is 33.9 Å². The number of rotatable bonds is 8. The Kier molecular flexibility index (Phi) is 7.77. The van der Waals surface area contributed by atoms with Gasteiger partial charge in [0.05, 0.1) is 27.8 Å². The molecule has 1 aliphatic heterocycles. The second-order valence-electron chi connectivity index (χ2n) is 8.13. The number of methoxy groups -OCH3 is 1. The van der Waals surface area contributed by atoms with E-state index in [1.807, 2.05) is 0 Å². The van der Waals surface area contributed by atoms with Crippen LogP contribution in [0.3, 0.4) is 0 Å². The maximum Gasteiger partial charge on any atom is 0.279 e. The van der Waals surface area contributed by atoms with Crippen molar-refractivity contribution in [1.82, 2.24) is 8.87 Å². The molecule has 1 unspecified atom stereocenters. The van der Waals surface area contributed by atoms with Gasteiger partial charge in [-0.25, -0.2) is 17.2 Å². The molecule has 3 aromatic rings. The van der Waals surface area contributed by atoms with E-state index in [4.69, 9.17) is 9.47 Å². The molecule has 1 amide bonds. The Bertz CT molecular complexity index is 1400. The largest absolute Gasteiger partial charge is 0.383 e. The van der Waals surface area contributed by atoms with E-state index >= 15 is 0 Å². The van der Waals surface area contributed by atoms with Gasteiger partial charge < -0.3 is 14.0 Å². The number of carbonyl (C=O) groups excluding carboxylic acids is 1. The summed E-state index contributed by atoms with van der Waals surface area (Å²) in [4.78, 5) is 17.2. The van der Waals surface area contributed by atoms with Crippen molar-refractivity contribution in [3.05, 3.63) is 58.4 Å². The molecule has 1 aromatic heterocycles. The van der Waals surface area contributed by atoms with Crippen LogP contribution in [0, 0.1) is 11.6 Å². The van der Waals surface area contributed by atoms with Crippen LogP contribution >= 0.6 is 11.3 Å². The molecule has 0 spiro atoms. The Hall–Kier alpha value is -2.51. The van der Waals surface area contributed by atoms with Crippen LogP contribution < -0.4 is 4.80 Å². The summed E-state index contributed by atoms with van der Waals surface area (Å²) in [5, 5.41) is 0. The lowest BCUT2D eigenvalue weighted by Crippen LogP contribution is -2.34. The predicted octanol–water partition coefficient (Wildman–Crippen LogP) is 3.17. The highest BCUT2D eigenvalue weighted by atomic mass is 32.2. The third kappa shape index (κ3) is 5.51. The fourth-order valence-corrected chi connectivity index (χ4v) is 6.17. The molecular weight excluding hydrogens is 500 g/mol. The fourth-order valence-electron chi connectivity index (χ4n) is 3.88. The molecule has 0 bridgehead atoms. The SMILES string of the molecule is COCCn1c(=NC(=O)c2ccc(S(=O)(=O)N(C)CC3CCCO3)cc2)sc2cc(F)cc(F)c21. The van der Waals surface area contributed by atoms with Crippen LogP contribution in [0.15, 0.2) is 46.3 Å². The molecule has 1 atom stereocenters. The van der Waals surface area contributed by atoms with E-state index in [1.165, 1.54) is 53.4 Å². The summed E-state index contributed by atoms with van der Waals surface area (Å²) in [5.41, 5.74) is 0.295. The van der Waals surface area contributed by atoms with Gasteiger partial charge in [0, 0.05) is 45.5 Å². The van der Waals surface area contributed by atoms with Crippen molar-refractivity contribution in [3.8, 4) is 0 Å². The minimum atomic E-state index is -3.75. The van der Waals surface area contributed by atoms with Gasteiger partial charge in [0.1, 0.15) is 5.82 Å². The lowest BCUT2D eigenvalue weighted by molar-refractivity contribution is 0.0979.